The van der Waals surface area contributed by atoms with Gasteiger partial charge in [0.1, 0.15) is 5.78 Å². The largest absolute Gasteiger partial charge is 0.304 e. The first-order chi connectivity index (χ1) is 8.83. The summed E-state index contributed by atoms with van der Waals surface area (Å²) in [7, 11) is 0. The van der Waals surface area contributed by atoms with Crippen molar-refractivity contribution in [3.8, 4) is 0 Å². The normalized spacial score (nSPS) is 37.4. The van der Waals surface area contributed by atoms with Crippen LogP contribution in [-0.2, 0) is 4.79 Å². The van der Waals surface area contributed by atoms with Crippen LogP contribution >= 0.6 is 0 Å². The number of fused-ring (bicyclic) bond motifs is 1. The quantitative estimate of drug-likeness (QED) is 0.830. The first-order valence-corrected chi connectivity index (χ1v) is 8.11. The molecule has 0 spiro atoms. The van der Waals surface area contributed by atoms with Crippen LogP contribution in [0.25, 0.3) is 0 Å². The first kappa shape index (κ1) is 12.7. The van der Waals surface area contributed by atoms with E-state index < -0.39 is 0 Å². The minimum Gasteiger partial charge on any atom is -0.304 e. The van der Waals surface area contributed by atoms with E-state index in [1.165, 1.54) is 57.8 Å². The molecule has 0 amide bonds. The van der Waals surface area contributed by atoms with Crippen LogP contribution in [0.5, 0.6) is 0 Å². The number of rotatable bonds is 3. The third-order valence-corrected chi connectivity index (χ3v) is 5.50. The fourth-order valence-corrected chi connectivity index (χ4v) is 4.39. The van der Waals surface area contributed by atoms with E-state index in [9.17, 15) is 4.79 Å². The molecule has 0 radical (unpaired) electrons. The van der Waals surface area contributed by atoms with Crippen molar-refractivity contribution < 1.29 is 4.79 Å². The average Bonchev–Trinajstić information content (AvgIpc) is 2.91. The maximum atomic E-state index is 12.4. The SMILES string of the molecule is O=C(CC1CCCC1)C1CCC2CCCCC2N1. The zero-order valence-corrected chi connectivity index (χ0v) is 11.5. The molecule has 3 aliphatic rings. The van der Waals surface area contributed by atoms with Gasteiger partial charge >= 0.3 is 0 Å². The number of Topliss-reactive ketones (excluding diaryl/α,β-unsaturated/α-hetero) is 1. The van der Waals surface area contributed by atoms with Crippen LogP contribution in [0.15, 0.2) is 0 Å². The number of piperidine rings is 1. The van der Waals surface area contributed by atoms with E-state index in [0.717, 1.165) is 18.8 Å². The van der Waals surface area contributed by atoms with E-state index in [-0.39, 0.29) is 6.04 Å². The van der Waals surface area contributed by atoms with Gasteiger partial charge in [-0.3, -0.25) is 4.79 Å². The van der Waals surface area contributed by atoms with Gasteiger partial charge in [-0.1, -0.05) is 38.5 Å². The van der Waals surface area contributed by atoms with E-state index in [0.29, 0.717) is 17.7 Å². The van der Waals surface area contributed by atoms with Gasteiger partial charge in [0.2, 0.25) is 0 Å². The fourth-order valence-electron chi connectivity index (χ4n) is 4.39. The molecule has 2 nitrogen and oxygen atoms in total. The Hall–Kier alpha value is -0.370. The second kappa shape index (κ2) is 5.73. The highest BCUT2D eigenvalue weighted by Gasteiger charge is 2.34. The highest BCUT2D eigenvalue weighted by atomic mass is 16.1. The van der Waals surface area contributed by atoms with Crippen molar-refractivity contribution in [3.05, 3.63) is 0 Å². The van der Waals surface area contributed by atoms with Gasteiger partial charge in [0.05, 0.1) is 6.04 Å². The van der Waals surface area contributed by atoms with E-state index in [1.54, 1.807) is 0 Å². The maximum Gasteiger partial charge on any atom is 0.150 e. The monoisotopic (exact) mass is 249 g/mol. The molecular formula is C16H27NO. The Kier molecular flexibility index (Phi) is 4.03. The topological polar surface area (TPSA) is 29.1 Å². The Morgan fingerprint density at radius 3 is 2.44 bits per heavy atom. The number of nitrogens with one attached hydrogen (secondary N) is 1. The van der Waals surface area contributed by atoms with E-state index in [2.05, 4.69) is 5.32 Å². The average molecular weight is 249 g/mol. The molecule has 3 atom stereocenters. The summed E-state index contributed by atoms with van der Waals surface area (Å²) in [6, 6.07) is 0.856. The summed E-state index contributed by atoms with van der Waals surface area (Å²) in [5.74, 6) is 2.10. The highest BCUT2D eigenvalue weighted by Crippen LogP contribution is 2.34. The summed E-state index contributed by atoms with van der Waals surface area (Å²) in [5.41, 5.74) is 0. The number of ketones is 1. The van der Waals surface area contributed by atoms with Crippen molar-refractivity contribution >= 4 is 5.78 Å². The molecule has 1 saturated heterocycles. The van der Waals surface area contributed by atoms with Gasteiger partial charge in [-0.25, -0.2) is 0 Å². The third kappa shape index (κ3) is 2.79. The van der Waals surface area contributed by atoms with Crippen LogP contribution < -0.4 is 5.32 Å². The minimum atomic E-state index is 0.199. The van der Waals surface area contributed by atoms with Crippen molar-refractivity contribution in [1.29, 1.82) is 0 Å². The summed E-state index contributed by atoms with van der Waals surface area (Å²) >= 11 is 0. The molecule has 0 aromatic carbocycles. The minimum absolute atomic E-state index is 0.199. The molecule has 0 aromatic rings. The first-order valence-electron chi connectivity index (χ1n) is 8.11. The molecule has 2 heteroatoms. The summed E-state index contributed by atoms with van der Waals surface area (Å²) in [6.07, 6.45) is 14.0. The summed E-state index contributed by atoms with van der Waals surface area (Å²) in [4.78, 5) is 12.4. The van der Waals surface area contributed by atoms with Crippen LogP contribution in [0.3, 0.4) is 0 Å². The molecule has 2 aliphatic carbocycles. The van der Waals surface area contributed by atoms with Gasteiger partial charge in [0.25, 0.3) is 0 Å². The molecule has 2 saturated carbocycles. The van der Waals surface area contributed by atoms with Crippen molar-refractivity contribution in [3.63, 3.8) is 0 Å². The zero-order valence-electron chi connectivity index (χ0n) is 11.5. The lowest BCUT2D eigenvalue weighted by Crippen LogP contribution is -2.52. The number of carbonyl (C=O) groups excluding carboxylic acids is 1. The van der Waals surface area contributed by atoms with Crippen molar-refractivity contribution in [2.24, 2.45) is 11.8 Å². The Morgan fingerprint density at radius 2 is 1.61 bits per heavy atom. The molecule has 0 bridgehead atoms. The lowest BCUT2D eigenvalue weighted by molar-refractivity contribution is -0.123. The molecular weight excluding hydrogens is 222 g/mol. The number of hydrogen-bond acceptors (Lipinski definition) is 2. The van der Waals surface area contributed by atoms with Gasteiger partial charge in [-0.15, -0.1) is 0 Å². The number of hydrogen-bond donors (Lipinski definition) is 1. The van der Waals surface area contributed by atoms with Gasteiger partial charge in [-0.2, -0.15) is 0 Å². The van der Waals surface area contributed by atoms with Crippen LogP contribution in [0.4, 0.5) is 0 Å². The third-order valence-electron chi connectivity index (χ3n) is 5.50. The molecule has 3 rings (SSSR count). The molecule has 3 unspecified atom stereocenters. The van der Waals surface area contributed by atoms with Gasteiger partial charge in [-0.05, 0) is 37.5 Å². The van der Waals surface area contributed by atoms with E-state index >= 15 is 0 Å². The van der Waals surface area contributed by atoms with Crippen LogP contribution in [0, 0.1) is 11.8 Å². The van der Waals surface area contributed by atoms with E-state index in [1.807, 2.05) is 0 Å². The van der Waals surface area contributed by atoms with Crippen molar-refractivity contribution in [2.75, 3.05) is 0 Å². The predicted octanol–water partition coefficient (Wildman–Crippen LogP) is 3.45. The Morgan fingerprint density at radius 1 is 0.889 bits per heavy atom. The fraction of sp³-hybridized carbons (Fsp3) is 0.938. The number of carbonyl (C=O) groups is 1. The van der Waals surface area contributed by atoms with Gasteiger partial charge in [0, 0.05) is 12.5 Å². The lowest BCUT2D eigenvalue weighted by Gasteiger charge is -2.40. The molecule has 0 aromatic heterocycles. The second-order valence-corrected chi connectivity index (χ2v) is 6.77. The van der Waals surface area contributed by atoms with Crippen LogP contribution in [-0.4, -0.2) is 17.9 Å². The van der Waals surface area contributed by atoms with Gasteiger partial charge in [0.15, 0.2) is 0 Å². The Labute approximate surface area is 111 Å². The molecule has 102 valence electrons. The molecule has 18 heavy (non-hydrogen) atoms. The Balaban J connectivity index is 1.51. The molecule has 1 aliphatic heterocycles. The Bertz CT molecular complexity index is 295. The highest BCUT2D eigenvalue weighted by molar-refractivity contribution is 5.84. The lowest BCUT2D eigenvalue weighted by atomic mass is 9.76. The smallest absolute Gasteiger partial charge is 0.150 e. The summed E-state index contributed by atoms with van der Waals surface area (Å²) in [6.45, 7) is 0. The van der Waals surface area contributed by atoms with Gasteiger partial charge < -0.3 is 5.32 Å². The standard InChI is InChI=1S/C16H27NO/c18-16(11-12-5-1-2-6-12)15-10-9-13-7-3-4-8-14(13)17-15/h12-15,17H,1-11H2. The van der Waals surface area contributed by atoms with Crippen LogP contribution in [0.1, 0.15) is 70.6 Å². The van der Waals surface area contributed by atoms with Crippen LogP contribution in [0.2, 0.25) is 0 Å². The predicted molar refractivity (Wildman–Crippen MR) is 73.5 cm³/mol. The molecule has 3 fully saturated rings. The van der Waals surface area contributed by atoms with E-state index in [4.69, 9.17) is 0 Å². The second-order valence-electron chi connectivity index (χ2n) is 6.77. The summed E-state index contributed by atoms with van der Waals surface area (Å²) < 4.78 is 0. The molecule has 1 heterocycles. The maximum absolute atomic E-state index is 12.4. The van der Waals surface area contributed by atoms with Crippen molar-refractivity contribution in [1.82, 2.24) is 5.32 Å². The zero-order chi connectivity index (χ0) is 12.4. The molecule has 1 N–H and O–H groups in total. The summed E-state index contributed by atoms with van der Waals surface area (Å²) in [5, 5.41) is 3.68. The van der Waals surface area contributed by atoms with Crippen molar-refractivity contribution in [2.45, 2.75) is 82.7 Å².